The Morgan fingerprint density at radius 3 is 2.75 bits per heavy atom. The molecule has 16 heavy (non-hydrogen) atoms. The highest BCUT2D eigenvalue weighted by atomic mass is 32.2. The lowest BCUT2D eigenvalue weighted by Gasteiger charge is -2.30. The van der Waals surface area contributed by atoms with Gasteiger partial charge in [-0.2, -0.15) is 0 Å². The van der Waals surface area contributed by atoms with E-state index in [-0.39, 0.29) is 18.4 Å². The third kappa shape index (κ3) is 3.38. The molecular formula is C10H18N2O3S. The van der Waals surface area contributed by atoms with E-state index in [1.54, 1.807) is 20.8 Å². The van der Waals surface area contributed by atoms with Gasteiger partial charge in [0.2, 0.25) is 11.8 Å². The molecule has 1 unspecified atom stereocenters. The standard InChI is InChI=1S/C10H18N2O3S/c1-7(13)10(2,3)11-8(14)4-12-6-16-5-9(12)15/h7,13H,4-6H2,1-3H3,(H,11,14). The summed E-state index contributed by atoms with van der Waals surface area (Å²) in [7, 11) is 0. The van der Waals surface area contributed by atoms with Gasteiger partial charge in [0, 0.05) is 0 Å². The average Bonchev–Trinajstić information content (AvgIpc) is 2.50. The highest BCUT2D eigenvalue weighted by Crippen LogP contribution is 2.14. The van der Waals surface area contributed by atoms with Crippen molar-refractivity contribution in [1.82, 2.24) is 10.2 Å². The minimum absolute atomic E-state index is 0.00463. The van der Waals surface area contributed by atoms with Crippen molar-refractivity contribution in [1.29, 1.82) is 0 Å². The Kier molecular flexibility index (Phi) is 4.21. The number of rotatable bonds is 4. The number of aliphatic hydroxyl groups is 1. The first-order valence-electron chi connectivity index (χ1n) is 5.17. The molecule has 92 valence electrons. The van der Waals surface area contributed by atoms with Gasteiger partial charge in [0.05, 0.1) is 23.3 Å². The Hall–Kier alpha value is -0.750. The van der Waals surface area contributed by atoms with Crippen molar-refractivity contribution in [2.24, 2.45) is 0 Å². The van der Waals surface area contributed by atoms with Crippen LogP contribution >= 0.6 is 11.8 Å². The quantitative estimate of drug-likeness (QED) is 0.720. The number of aliphatic hydroxyl groups excluding tert-OH is 1. The molecule has 1 rings (SSSR count). The van der Waals surface area contributed by atoms with E-state index in [9.17, 15) is 14.7 Å². The first-order chi connectivity index (χ1) is 7.33. The minimum atomic E-state index is -0.674. The Balaban J connectivity index is 2.44. The van der Waals surface area contributed by atoms with Crippen molar-refractivity contribution in [3.63, 3.8) is 0 Å². The van der Waals surface area contributed by atoms with Crippen LogP contribution in [0.4, 0.5) is 0 Å². The summed E-state index contributed by atoms with van der Waals surface area (Å²) in [5.41, 5.74) is -0.674. The Morgan fingerprint density at radius 2 is 2.31 bits per heavy atom. The van der Waals surface area contributed by atoms with Gasteiger partial charge in [0.25, 0.3) is 0 Å². The second-order valence-corrected chi connectivity index (χ2v) is 5.47. The smallest absolute Gasteiger partial charge is 0.240 e. The molecule has 6 heteroatoms. The van der Waals surface area contributed by atoms with Gasteiger partial charge in [-0.15, -0.1) is 11.8 Å². The lowest BCUT2D eigenvalue weighted by Crippen LogP contribution is -2.53. The molecule has 0 aromatic carbocycles. The van der Waals surface area contributed by atoms with Crippen LogP contribution in [0.1, 0.15) is 20.8 Å². The SMILES string of the molecule is CC(O)C(C)(C)NC(=O)CN1CSCC1=O. The summed E-state index contributed by atoms with van der Waals surface area (Å²) in [5, 5.41) is 12.2. The fourth-order valence-electron chi connectivity index (χ4n) is 1.22. The largest absolute Gasteiger partial charge is 0.391 e. The molecule has 1 saturated heterocycles. The van der Waals surface area contributed by atoms with Crippen molar-refractivity contribution in [3.8, 4) is 0 Å². The van der Waals surface area contributed by atoms with Crippen molar-refractivity contribution >= 4 is 23.6 Å². The van der Waals surface area contributed by atoms with Crippen LogP contribution in [0.3, 0.4) is 0 Å². The normalized spacial score (nSPS) is 18.8. The van der Waals surface area contributed by atoms with E-state index in [4.69, 9.17) is 0 Å². The second kappa shape index (κ2) is 5.05. The second-order valence-electron chi connectivity index (χ2n) is 4.52. The predicted octanol–water partition coefficient (Wildman–Crippen LogP) is -0.205. The van der Waals surface area contributed by atoms with Gasteiger partial charge in [-0.25, -0.2) is 0 Å². The maximum Gasteiger partial charge on any atom is 0.240 e. The van der Waals surface area contributed by atoms with E-state index in [0.29, 0.717) is 11.6 Å². The number of hydrogen-bond donors (Lipinski definition) is 2. The van der Waals surface area contributed by atoms with Crippen LogP contribution in [0.5, 0.6) is 0 Å². The van der Waals surface area contributed by atoms with Crippen molar-refractivity contribution < 1.29 is 14.7 Å². The molecule has 0 bridgehead atoms. The summed E-state index contributed by atoms with van der Waals surface area (Å²) in [6.07, 6.45) is -0.639. The van der Waals surface area contributed by atoms with E-state index in [1.165, 1.54) is 16.7 Å². The number of amides is 2. The molecule has 0 aromatic heterocycles. The third-order valence-corrected chi connectivity index (χ3v) is 3.61. The number of hydrogen-bond acceptors (Lipinski definition) is 4. The van der Waals surface area contributed by atoms with Gasteiger partial charge in [0.15, 0.2) is 0 Å². The Bertz CT molecular complexity index is 292. The first kappa shape index (κ1) is 13.3. The molecule has 1 aliphatic rings. The summed E-state index contributed by atoms with van der Waals surface area (Å²) in [6, 6.07) is 0. The van der Waals surface area contributed by atoms with Crippen LogP contribution in [0, 0.1) is 0 Å². The lowest BCUT2D eigenvalue weighted by molar-refractivity contribution is -0.133. The maximum atomic E-state index is 11.6. The molecule has 0 aromatic rings. The number of thioether (sulfide) groups is 1. The molecule has 0 saturated carbocycles. The average molecular weight is 246 g/mol. The van der Waals surface area contributed by atoms with Gasteiger partial charge in [-0.1, -0.05) is 0 Å². The van der Waals surface area contributed by atoms with E-state index in [1.807, 2.05) is 0 Å². The summed E-state index contributed by atoms with van der Waals surface area (Å²) < 4.78 is 0. The van der Waals surface area contributed by atoms with Crippen LogP contribution in [-0.4, -0.2) is 51.6 Å². The summed E-state index contributed by atoms with van der Waals surface area (Å²) in [4.78, 5) is 24.4. The predicted molar refractivity (Wildman–Crippen MR) is 62.9 cm³/mol. The topological polar surface area (TPSA) is 69.6 Å². The molecule has 2 N–H and O–H groups in total. The number of carbonyl (C=O) groups is 2. The Labute approximate surface area is 99.6 Å². The molecule has 0 radical (unpaired) electrons. The zero-order valence-corrected chi connectivity index (χ0v) is 10.6. The van der Waals surface area contributed by atoms with Crippen LogP contribution in [0.15, 0.2) is 0 Å². The van der Waals surface area contributed by atoms with Crippen molar-refractivity contribution in [3.05, 3.63) is 0 Å². The molecule has 1 heterocycles. The molecular weight excluding hydrogens is 228 g/mol. The van der Waals surface area contributed by atoms with Crippen LogP contribution in [0.25, 0.3) is 0 Å². The molecule has 0 aliphatic carbocycles. The van der Waals surface area contributed by atoms with E-state index >= 15 is 0 Å². The molecule has 1 atom stereocenters. The summed E-state index contributed by atoms with van der Waals surface area (Å²) >= 11 is 1.50. The molecule has 1 fully saturated rings. The molecule has 1 aliphatic heterocycles. The summed E-state index contributed by atoms with van der Waals surface area (Å²) in [6.45, 7) is 5.19. The van der Waals surface area contributed by atoms with E-state index < -0.39 is 11.6 Å². The van der Waals surface area contributed by atoms with Gasteiger partial charge in [-0.3, -0.25) is 9.59 Å². The molecule has 0 spiro atoms. The van der Waals surface area contributed by atoms with Crippen molar-refractivity contribution in [2.75, 3.05) is 18.2 Å². The fraction of sp³-hybridized carbons (Fsp3) is 0.800. The third-order valence-electron chi connectivity index (χ3n) is 2.67. The highest BCUT2D eigenvalue weighted by Gasteiger charge is 2.28. The lowest BCUT2D eigenvalue weighted by atomic mass is 9.99. The van der Waals surface area contributed by atoms with E-state index in [0.717, 1.165) is 0 Å². The van der Waals surface area contributed by atoms with Crippen LogP contribution in [0.2, 0.25) is 0 Å². The molecule has 2 amide bonds. The van der Waals surface area contributed by atoms with Gasteiger partial charge in [-0.05, 0) is 20.8 Å². The number of carbonyl (C=O) groups excluding carboxylic acids is 2. The van der Waals surface area contributed by atoms with E-state index in [2.05, 4.69) is 5.32 Å². The zero-order valence-electron chi connectivity index (χ0n) is 9.82. The number of nitrogens with one attached hydrogen (secondary N) is 1. The van der Waals surface area contributed by atoms with Crippen LogP contribution in [-0.2, 0) is 9.59 Å². The van der Waals surface area contributed by atoms with Gasteiger partial charge in [0.1, 0.15) is 6.54 Å². The van der Waals surface area contributed by atoms with Gasteiger partial charge >= 0.3 is 0 Å². The number of nitrogens with zero attached hydrogens (tertiary/aromatic N) is 1. The zero-order chi connectivity index (χ0) is 12.3. The van der Waals surface area contributed by atoms with Crippen LogP contribution < -0.4 is 5.32 Å². The fourth-order valence-corrected chi connectivity index (χ4v) is 2.12. The summed E-state index contributed by atoms with van der Waals surface area (Å²) in [5.74, 6) is 0.783. The highest BCUT2D eigenvalue weighted by molar-refractivity contribution is 8.00. The minimum Gasteiger partial charge on any atom is -0.391 e. The Morgan fingerprint density at radius 1 is 1.69 bits per heavy atom. The monoisotopic (exact) mass is 246 g/mol. The maximum absolute atomic E-state index is 11.6. The van der Waals surface area contributed by atoms with Gasteiger partial charge < -0.3 is 15.3 Å². The first-order valence-corrected chi connectivity index (χ1v) is 6.33. The van der Waals surface area contributed by atoms with Crippen molar-refractivity contribution in [2.45, 2.75) is 32.4 Å². The molecule has 5 nitrogen and oxygen atoms in total.